The van der Waals surface area contributed by atoms with Gasteiger partial charge in [-0.1, -0.05) is 23.2 Å². The number of hydrogen-bond acceptors (Lipinski definition) is 5. The Morgan fingerprint density at radius 1 is 1.17 bits per heavy atom. The third-order valence-corrected chi connectivity index (χ3v) is 5.66. The van der Waals surface area contributed by atoms with Crippen LogP contribution in [0.25, 0.3) is 0 Å². The minimum Gasteiger partial charge on any atom is -0.494 e. The van der Waals surface area contributed by atoms with Crippen LogP contribution in [0.1, 0.15) is 43.9 Å². The first-order valence-corrected chi connectivity index (χ1v) is 10.1. The van der Waals surface area contributed by atoms with E-state index in [9.17, 15) is 14.4 Å². The molecule has 1 atom stereocenters. The largest absolute Gasteiger partial charge is 0.494 e. The summed E-state index contributed by atoms with van der Waals surface area (Å²) in [6.07, 6.45) is 1.61. The van der Waals surface area contributed by atoms with Crippen molar-refractivity contribution < 1.29 is 23.9 Å². The van der Waals surface area contributed by atoms with Gasteiger partial charge in [-0.05, 0) is 43.2 Å². The fraction of sp³-hybridized carbons (Fsp3) is 0.286. The lowest BCUT2D eigenvalue weighted by molar-refractivity contribution is 0.0475. The maximum atomic E-state index is 12.8. The molecule has 2 aliphatic rings. The van der Waals surface area contributed by atoms with Gasteiger partial charge in [0.2, 0.25) is 0 Å². The summed E-state index contributed by atoms with van der Waals surface area (Å²) in [6, 6.07) is 7.48. The third kappa shape index (κ3) is 3.76. The van der Waals surface area contributed by atoms with E-state index in [1.54, 1.807) is 6.07 Å². The minimum atomic E-state index is -0.464. The molecule has 7 nitrogen and oxygen atoms in total. The van der Waals surface area contributed by atoms with Crippen molar-refractivity contribution in [2.45, 2.75) is 18.9 Å². The lowest BCUT2D eigenvalue weighted by Gasteiger charge is -2.17. The van der Waals surface area contributed by atoms with Crippen LogP contribution in [-0.2, 0) is 4.74 Å². The number of rotatable bonds is 5. The predicted molar refractivity (Wildman–Crippen MR) is 112 cm³/mol. The van der Waals surface area contributed by atoms with Gasteiger partial charge in [0.1, 0.15) is 0 Å². The normalized spacial score (nSPS) is 18.0. The fourth-order valence-electron chi connectivity index (χ4n) is 3.62. The van der Waals surface area contributed by atoms with Gasteiger partial charge < -0.3 is 14.8 Å². The molecule has 1 N–H and O–H groups in total. The number of halogens is 2. The monoisotopic (exact) mass is 448 g/mol. The highest BCUT2D eigenvalue weighted by Crippen LogP contribution is 2.34. The molecule has 0 aliphatic carbocycles. The van der Waals surface area contributed by atoms with Crippen LogP contribution in [0, 0.1) is 0 Å². The molecule has 1 fully saturated rings. The van der Waals surface area contributed by atoms with Gasteiger partial charge in [0.15, 0.2) is 5.75 Å². The van der Waals surface area contributed by atoms with E-state index < -0.39 is 11.8 Å². The second-order valence-corrected chi connectivity index (χ2v) is 7.86. The Morgan fingerprint density at radius 2 is 1.87 bits per heavy atom. The van der Waals surface area contributed by atoms with Gasteiger partial charge in [0.25, 0.3) is 17.7 Å². The molecule has 2 aromatic carbocycles. The van der Waals surface area contributed by atoms with Crippen molar-refractivity contribution in [1.29, 1.82) is 0 Å². The van der Waals surface area contributed by atoms with E-state index in [0.717, 1.165) is 12.8 Å². The summed E-state index contributed by atoms with van der Waals surface area (Å²) in [5, 5.41) is 3.11. The molecule has 30 heavy (non-hydrogen) atoms. The third-order valence-electron chi connectivity index (χ3n) is 5.10. The van der Waals surface area contributed by atoms with Crippen molar-refractivity contribution in [2.24, 2.45) is 0 Å². The van der Waals surface area contributed by atoms with Crippen molar-refractivity contribution in [3.05, 3.63) is 57.1 Å². The molecule has 1 saturated heterocycles. The second-order valence-electron chi connectivity index (χ2n) is 7.04. The number of imide groups is 1. The zero-order valence-corrected chi connectivity index (χ0v) is 17.5. The van der Waals surface area contributed by atoms with Crippen LogP contribution >= 0.6 is 23.2 Å². The molecule has 0 bridgehead atoms. The summed E-state index contributed by atoms with van der Waals surface area (Å²) in [6.45, 7) is 0.875. The smallest absolute Gasteiger partial charge is 0.261 e. The molecular weight excluding hydrogens is 431 g/mol. The lowest BCUT2D eigenvalue weighted by atomic mass is 10.1. The number of nitrogens with one attached hydrogen (secondary N) is 1. The Balaban J connectivity index is 1.53. The number of carbonyl (C=O) groups excluding carboxylic acids is 3. The number of benzene rings is 2. The Labute approximate surface area is 182 Å². The standard InChI is InChI=1S/C21H18Cl2N2O5/c1-29-18-16(22)7-11(8-17(18)23)19(26)24-12-4-5-14-15(9-12)21(28)25(20(14)27)10-13-3-2-6-30-13/h4-5,7-9,13H,2-3,6,10H2,1H3,(H,24,26). The molecule has 0 saturated carbocycles. The summed E-state index contributed by atoms with van der Waals surface area (Å²) < 4.78 is 10.6. The fourth-order valence-corrected chi connectivity index (χ4v) is 4.26. The van der Waals surface area contributed by atoms with E-state index in [4.69, 9.17) is 32.7 Å². The maximum absolute atomic E-state index is 12.8. The number of nitrogens with zero attached hydrogens (tertiary/aromatic N) is 1. The summed E-state index contributed by atoms with van der Waals surface area (Å²) in [7, 11) is 1.43. The molecule has 1 unspecified atom stereocenters. The van der Waals surface area contributed by atoms with Crippen LogP contribution in [0.2, 0.25) is 10.0 Å². The van der Waals surface area contributed by atoms with Crippen LogP contribution in [0.3, 0.4) is 0 Å². The Kier molecular flexibility index (Phi) is 5.69. The van der Waals surface area contributed by atoms with Gasteiger partial charge >= 0.3 is 0 Å². The number of fused-ring (bicyclic) bond motifs is 1. The lowest BCUT2D eigenvalue weighted by Crippen LogP contribution is -2.36. The number of amides is 3. The average molecular weight is 449 g/mol. The molecule has 0 aromatic heterocycles. The Bertz CT molecular complexity index is 1030. The Hall–Kier alpha value is -2.61. The average Bonchev–Trinajstić information content (AvgIpc) is 3.31. The minimum absolute atomic E-state index is 0.129. The van der Waals surface area contributed by atoms with E-state index in [1.165, 1.54) is 36.3 Å². The number of methoxy groups -OCH3 is 1. The first-order chi connectivity index (χ1) is 14.4. The summed E-state index contributed by atoms with van der Waals surface area (Å²) >= 11 is 12.2. The first-order valence-electron chi connectivity index (χ1n) is 9.35. The van der Waals surface area contributed by atoms with Gasteiger partial charge in [-0.15, -0.1) is 0 Å². The zero-order chi connectivity index (χ0) is 21.4. The second kappa shape index (κ2) is 8.26. The van der Waals surface area contributed by atoms with Crippen molar-refractivity contribution in [3.8, 4) is 5.75 Å². The van der Waals surface area contributed by atoms with E-state index in [-0.39, 0.29) is 45.5 Å². The molecule has 2 aromatic rings. The van der Waals surface area contributed by atoms with Crippen LogP contribution in [0.4, 0.5) is 5.69 Å². The van der Waals surface area contributed by atoms with E-state index in [0.29, 0.717) is 17.9 Å². The van der Waals surface area contributed by atoms with E-state index >= 15 is 0 Å². The molecule has 0 radical (unpaired) electrons. The van der Waals surface area contributed by atoms with Crippen molar-refractivity contribution in [1.82, 2.24) is 4.90 Å². The molecule has 156 valence electrons. The highest BCUT2D eigenvalue weighted by Gasteiger charge is 2.37. The van der Waals surface area contributed by atoms with Gasteiger partial charge in [0.05, 0.1) is 40.9 Å². The van der Waals surface area contributed by atoms with E-state index in [2.05, 4.69) is 5.32 Å². The van der Waals surface area contributed by atoms with Crippen molar-refractivity contribution in [2.75, 3.05) is 25.6 Å². The van der Waals surface area contributed by atoms with Gasteiger partial charge in [-0.25, -0.2) is 0 Å². The van der Waals surface area contributed by atoms with Crippen molar-refractivity contribution in [3.63, 3.8) is 0 Å². The topological polar surface area (TPSA) is 84.9 Å². The van der Waals surface area contributed by atoms with Crippen LogP contribution in [0.5, 0.6) is 5.75 Å². The molecule has 2 heterocycles. The highest BCUT2D eigenvalue weighted by molar-refractivity contribution is 6.37. The number of hydrogen-bond donors (Lipinski definition) is 1. The molecule has 9 heteroatoms. The number of ether oxygens (including phenoxy) is 2. The summed E-state index contributed by atoms with van der Waals surface area (Å²) in [5.41, 5.74) is 1.17. The van der Waals surface area contributed by atoms with Crippen molar-refractivity contribution >= 4 is 46.6 Å². The van der Waals surface area contributed by atoms with Gasteiger partial charge in [-0.2, -0.15) is 0 Å². The maximum Gasteiger partial charge on any atom is 0.261 e. The molecular formula is C21H18Cl2N2O5. The first kappa shape index (κ1) is 20.7. The quantitative estimate of drug-likeness (QED) is 0.697. The zero-order valence-electron chi connectivity index (χ0n) is 16.0. The van der Waals surface area contributed by atoms with Gasteiger partial charge in [-0.3, -0.25) is 19.3 Å². The summed E-state index contributed by atoms with van der Waals surface area (Å²) in [4.78, 5) is 39.2. The van der Waals surface area contributed by atoms with Crippen LogP contribution in [-0.4, -0.2) is 49.0 Å². The summed E-state index contributed by atoms with van der Waals surface area (Å²) in [5.74, 6) is -0.925. The van der Waals surface area contributed by atoms with Crippen LogP contribution in [0.15, 0.2) is 30.3 Å². The molecule has 2 aliphatic heterocycles. The van der Waals surface area contributed by atoms with E-state index in [1.807, 2.05) is 0 Å². The molecule has 3 amide bonds. The molecule has 0 spiro atoms. The number of carbonyl (C=O) groups is 3. The van der Waals surface area contributed by atoms with Gasteiger partial charge in [0, 0.05) is 17.9 Å². The SMILES string of the molecule is COc1c(Cl)cc(C(=O)Nc2ccc3c(c2)C(=O)N(CC2CCCO2)C3=O)cc1Cl. The molecule has 4 rings (SSSR count). The van der Waals surface area contributed by atoms with Crippen LogP contribution < -0.4 is 10.1 Å². The Morgan fingerprint density at radius 3 is 2.50 bits per heavy atom. The predicted octanol–water partition coefficient (Wildman–Crippen LogP) is 4.03. The highest BCUT2D eigenvalue weighted by atomic mass is 35.5. The number of anilines is 1.